The van der Waals surface area contributed by atoms with E-state index in [1.807, 2.05) is 6.07 Å². The maximum absolute atomic E-state index is 5.59. The van der Waals surface area contributed by atoms with E-state index in [4.69, 9.17) is 11.2 Å². The van der Waals surface area contributed by atoms with Gasteiger partial charge < -0.3 is 9.64 Å². The van der Waals surface area contributed by atoms with Crippen LogP contribution in [0.5, 0.6) is 0 Å². The quantitative estimate of drug-likeness (QED) is 0.769. The smallest absolute Gasteiger partial charge is 0.128 e. The van der Waals surface area contributed by atoms with Gasteiger partial charge in [0, 0.05) is 49.6 Å². The minimum absolute atomic E-state index is 0.640. The second-order valence-electron chi connectivity index (χ2n) is 6.30. The molecule has 2 bridgehead atoms. The molecule has 0 aliphatic carbocycles. The highest BCUT2D eigenvalue weighted by molar-refractivity contribution is 5.44. The van der Waals surface area contributed by atoms with Crippen molar-refractivity contribution in [3.05, 3.63) is 23.9 Å². The molecular weight excluding hydrogens is 262 g/mol. The lowest BCUT2D eigenvalue weighted by atomic mass is 10.1. The maximum Gasteiger partial charge on any atom is 0.128 e. The first-order chi connectivity index (χ1) is 10.3. The van der Waals surface area contributed by atoms with E-state index < -0.39 is 0 Å². The van der Waals surface area contributed by atoms with Crippen LogP contribution in [-0.2, 0) is 4.74 Å². The van der Waals surface area contributed by atoms with Crippen LogP contribution >= 0.6 is 0 Å². The second kappa shape index (κ2) is 5.32. The summed E-state index contributed by atoms with van der Waals surface area (Å²) in [7, 11) is 0. The third-order valence-electron chi connectivity index (χ3n) is 5.10. The first kappa shape index (κ1) is 13.1. The molecule has 3 saturated heterocycles. The van der Waals surface area contributed by atoms with Crippen LogP contribution in [0.1, 0.15) is 24.8 Å². The average Bonchev–Trinajstić information content (AvgIpc) is 3.13. The van der Waals surface area contributed by atoms with Gasteiger partial charge in [0.25, 0.3) is 0 Å². The van der Waals surface area contributed by atoms with Crippen LogP contribution in [0.3, 0.4) is 0 Å². The molecule has 0 saturated carbocycles. The Balaban J connectivity index is 1.50. The summed E-state index contributed by atoms with van der Waals surface area (Å²) in [5.41, 5.74) is 0.850. The number of aromatic nitrogens is 1. The van der Waals surface area contributed by atoms with Gasteiger partial charge in [0.05, 0.1) is 6.61 Å². The van der Waals surface area contributed by atoms with Crippen LogP contribution in [0.25, 0.3) is 0 Å². The molecule has 3 aliphatic rings. The van der Waals surface area contributed by atoms with Gasteiger partial charge >= 0.3 is 0 Å². The molecule has 2 unspecified atom stereocenters. The number of pyridine rings is 1. The summed E-state index contributed by atoms with van der Waals surface area (Å²) in [6, 6.07) is 6.00. The zero-order valence-electron chi connectivity index (χ0n) is 12.2. The van der Waals surface area contributed by atoms with Gasteiger partial charge in [-0.3, -0.25) is 4.90 Å². The predicted molar refractivity (Wildman–Crippen MR) is 82.3 cm³/mol. The summed E-state index contributed by atoms with van der Waals surface area (Å²) in [4.78, 5) is 9.69. The first-order valence-corrected chi connectivity index (χ1v) is 7.88. The van der Waals surface area contributed by atoms with Crippen molar-refractivity contribution in [2.45, 2.75) is 37.4 Å². The topological polar surface area (TPSA) is 28.6 Å². The Labute approximate surface area is 126 Å². The maximum atomic E-state index is 5.59. The van der Waals surface area contributed by atoms with Crippen molar-refractivity contribution >= 4 is 5.82 Å². The van der Waals surface area contributed by atoms with Crippen molar-refractivity contribution in [3.8, 4) is 12.3 Å². The van der Waals surface area contributed by atoms with Gasteiger partial charge in [0.2, 0.25) is 0 Å². The Morgan fingerprint density at radius 3 is 2.52 bits per heavy atom. The molecule has 3 aliphatic heterocycles. The number of ether oxygens (including phenoxy) is 1. The highest BCUT2D eigenvalue weighted by Gasteiger charge is 2.44. The van der Waals surface area contributed by atoms with Crippen LogP contribution in [0.15, 0.2) is 18.3 Å². The summed E-state index contributed by atoms with van der Waals surface area (Å²) in [6.45, 7) is 4.01. The number of terminal acetylenes is 1. The van der Waals surface area contributed by atoms with Gasteiger partial charge in [-0.2, -0.15) is 0 Å². The zero-order chi connectivity index (χ0) is 14.2. The first-order valence-electron chi connectivity index (χ1n) is 7.88. The molecule has 0 spiro atoms. The molecule has 3 fully saturated rings. The lowest BCUT2D eigenvalue weighted by Crippen LogP contribution is -2.57. The second-order valence-corrected chi connectivity index (χ2v) is 6.30. The van der Waals surface area contributed by atoms with Crippen molar-refractivity contribution in [3.63, 3.8) is 0 Å². The highest BCUT2D eigenvalue weighted by Crippen LogP contribution is 2.35. The van der Waals surface area contributed by atoms with Crippen LogP contribution in [0.2, 0.25) is 0 Å². The number of fused-ring (bicyclic) bond motifs is 2. The molecule has 3 atom stereocenters. The van der Waals surface area contributed by atoms with E-state index in [2.05, 4.69) is 26.8 Å². The van der Waals surface area contributed by atoms with Crippen LogP contribution < -0.4 is 4.90 Å². The fraction of sp³-hybridized carbons (Fsp3) is 0.588. The zero-order valence-corrected chi connectivity index (χ0v) is 12.2. The number of piperazine rings is 1. The molecule has 110 valence electrons. The average molecular weight is 283 g/mol. The van der Waals surface area contributed by atoms with E-state index in [0.717, 1.165) is 37.7 Å². The number of rotatable bonds is 2. The summed E-state index contributed by atoms with van der Waals surface area (Å²) < 4.78 is 5.59. The molecule has 0 radical (unpaired) electrons. The van der Waals surface area contributed by atoms with E-state index in [1.54, 1.807) is 6.20 Å². The van der Waals surface area contributed by atoms with Gasteiger partial charge in [-0.05, 0) is 31.4 Å². The van der Waals surface area contributed by atoms with Crippen molar-refractivity contribution in [1.29, 1.82) is 0 Å². The lowest BCUT2D eigenvalue weighted by molar-refractivity contribution is 0.0918. The van der Waals surface area contributed by atoms with Crippen LogP contribution in [0, 0.1) is 12.3 Å². The fourth-order valence-electron chi connectivity index (χ4n) is 4.13. The molecule has 1 aromatic heterocycles. The van der Waals surface area contributed by atoms with E-state index in [0.29, 0.717) is 18.1 Å². The third kappa shape index (κ3) is 2.31. The molecule has 0 amide bonds. The van der Waals surface area contributed by atoms with Crippen molar-refractivity contribution in [2.75, 3.05) is 31.2 Å². The molecule has 4 heteroatoms. The number of hydrogen-bond acceptors (Lipinski definition) is 4. The largest absolute Gasteiger partial charge is 0.380 e. The summed E-state index contributed by atoms with van der Waals surface area (Å²) in [5, 5.41) is 0. The molecule has 21 heavy (non-hydrogen) atoms. The van der Waals surface area contributed by atoms with Gasteiger partial charge in [-0.1, -0.05) is 5.92 Å². The Bertz CT molecular complexity index is 530. The van der Waals surface area contributed by atoms with Crippen LogP contribution in [-0.4, -0.2) is 54.3 Å². The Morgan fingerprint density at radius 1 is 1.14 bits per heavy atom. The van der Waals surface area contributed by atoms with E-state index >= 15 is 0 Å². The van der Waals surface area contributed by atoms with Gasteiger partial charge in [-0.15, -0.1) is 6.42 Å². The summed E-state index contributed by atoms with van der Waals surface area (Å²) in [6.07, 6.45) is 11.0. The third-order valence-corrected chi connectivity index (χ3v) is 5.10. The normalized spacial score (nSPS) is 32.3. The highest BCUT2D eigenvalue weighted by atomic mass is 16.5. The minimum Gasteiger partial charge on any atom is -0.380 e. The van der Waals surface area contributed by atoms with Gasteiger partial charge in [0.1, 0.15) is 5.82 Å². The molecule has 4 rings (SSSR count). The predicted octanol–water partition coefficient (Wildman–Crippen LogP) is 1.50. The van der Waals surface area contributed by atoms with Gasteiger partial charge in [-0.25, -0.2) is 4.98 Å². The molecule has 4 heterocycles. The van der Waals surface area contributed by atoms with Crippen molar-refractivity contribution in [2.24, 2.45) is 0 Å². The van der Waals surface area contributed by atoms with Crippen molar-refractivity contribution < 1.29 is 4.74 Å². The fourth-order valence-corrected chi connectivity index (χ4v) is 4.13. The van der Waals surface area contributed by atoms with Crippen LogP contribution in [0.4, 0.5) is 5.82 Å². The number of anilines is 1. The van der Waals surface area contributed by atoms with Crippen molar-refractivity contribution in [1.82, 2.24) is 9.88 Å². The Hall–Kier alpha value is -1.57. The monoisotopic (exact) mass is 283 g/mol. The summed E-state index contributed by atoms with van der Waals surface area (Å²) >= 11 is 0. The molecule has 4 nitrogen and oxygen atoms in total. The SMILES string of the molecule is C#Cc1ccc(N2CC3CCC(C2)N3[C@H]2CCOC2)nc1. The standard InChI is InChI=1S/C17H21N3O/c1-2-13-3-6-17(18-9-13)19-10-14-4-5-15(11-19)20(14)16-7-8-21-12-16/h1,3,6,9,14-16H,4-5,7-8,10-12H2/t14?,15?,16-/m0/s1. The lowest BCUT2D eigenvalue weighted by Gasteiger charge is -2.44. The van der Waals surface area contributed by atoms with Gasteiger partial charge in [0.15, 0.2) is 0 Å². The van der Waals surface area contributed by atoms with E-state index in [9.17, 15) is 0 Å². The Kier molecular flexibility index (Phi) is 3.33. The molecule has 0 N–H and O–H groups in total. The molecular formula is C17H21N3O. The minimum atomic E-state index is 0.640. The number of nitrogens with zero attached hydrogens (tertiary/aromatic N) is 3. The van der Waals surface area contributed by atoms with E-state index in [-0.39, 0.29) is 0 Å². The molecule has 0 aromatic carbocycles. The Morgan fingerprint density at radius 2 is 1.95 bits per heavy atom. The number of hydrogen-bond donors (Lipinski definition) is 0. The molecule has 1 aromatic rings. The summed E-state index contributed by atoms with van der Waals surface area (Å²) in [5.74, 6) is 3.69. The van der Waals surface area contributed by atoms with E-state index in [1.165, 1.54) is 19.3 Å².